The molecule has 7 heteroatoms. The third-order valence-electron chi connectivity index (χ3n) is 3.71. The van der Waals surface area contributed by atoms with Gasteiger partial charge < -0.3 is 14.5 Å². The molecule has 1 aliphatic heterocycles. The van der Waals surface area contributed by atoms with Crippen LogP contribution in [0.3, 0.4) is 0 Å². The molecule has 1 aromatic heterocycles. The maximum absolute atomic E-state index is 5.94. The summed E-state index contributed by atoms with van der Waals surface area (Å²) in [6.45, 7) is 7.88. The van der Waals surface area contributed by atoms with Crippen molar-refractivity contribution in [3.63, 3.8) is 0 Å². The van der Waals surface area contributed by atoms with Gasteiger partial charge >= 0.3 is 0 Å². The number of halogens is 1. The molecule has 0 bridgehead atoms. The predicted molar refractivity (Wildman–Crippen MR) is 90.0 cm³/mol. The van der Waals surface area contributed by atoms with Gasteiger partial charge in [-0.25, -0.2) is 0 Å². The Bertz CT molecular complexity index is 613. The molecule has 1 fully saturated rings. The van der Waals surface area contributed by atoms with Crippen molar-refractivity contribution in [3.8, 4) is 5.75 Å². The number of likely N-dealkylation sites (N-methyl/N-ethyl adjacent to an activating group) is 1. The molecule has 0 amide bonds. The average Bonchev–Trinajstić information content (AvgIpc) is 3.02. The minimum Gasteiger partial charge on any atom is -0.486 e. The van der Waals surface area contributed by atoms with E-state index in [4.69, 9.17) is 16.3 Å². The van der Waals surface area contributed by atoms with Crippen molar-refractivity contribution >= 4 is 28.3 Å². The van der Waals surface area contributed by atoms with Gasteiger partial charge in [-0.1, -0.05) is 24.6 Å². The number of benzene rings is 1. The maximum atomic E-state index is 5.94. The van der Waals surface area contributed by atoms with E-state index in [1.807, 2.05) is 18.2 Å². The third kappa shape index (κ3) is 3.88. The zero-order valence-electron chi connectivity index (χ0n) is 12.5. The topological polar surface area (TPSA) is 41.5 Å². The van der Waals surface area contributed by atoms with Gasteiger partial charge in [-0.2, -0.15) is 9.36 Å². The lowest BCUT2D eigenvalue weighted by Crippen LogP contribution is -2.46. The van der Waals surface area contributed by atoms with Gasteiger partial charge in [0.1, 0.15) is 12.4 Å². The van der Waals surface area contributed by atoms with Gasteiger partial charge in [-0.05, 0) is 24.7 Å². The lowest BCUT2D eigenvalue weighted by Gasteiger charge is -2.33. The molecule has 1 aliphatic rings. The monoisotopic (exact) mass is 338 g/mol. The second-order valence-electron chi connectivity index (χ2n) is 5.16. The van der Waals surface area contributed by atoms with Gasteiger partial charge in [0.05, 0.1) is 0 Å². The van der Waals surface area contributed by atoms with Crippen LogP contribution in [0.25, 0.3) is 0 Å². The molecule has 0 spiro atoms. The number of rotatable bonds is 5. The zero-order chi connectivity index (χ0) is 15.4. The van der Waals surface area contributed by atoms with E-state index < -0.39 is 0 Å². The first kappa shape index (κ1) is 15.5. The summed E-state index contributed by atoms with van der Waals surface area (Å²) in [6, 6.07) is 7.36. The number of anilines is 1. The summed E-state index contributed by atoms with van der Waals surface area (Å²) >= 11 is 7.38. The lowest BCUT2D eigenvalue weighted by molar-refractivity contribution is 0.270. The summed E-state index contributed by atoms with van der Waals surface area (Å²) in [5.41, 5.74) is 0. The maximum Gasteiger partial charge on any atom is 0.205 e. The Kier molecular flexibility index (Phi) is 5.12. The summed E-state index contributed by atoms with van der Waals surface area (Å²) in [5, 5.41) is 1.65. The molecule has 1 aromatic carbocycles. The SMILES string of the molecule is CCN1CCN(c2nc(COc3cccc(Cl)c3)ns2)CC1. The van der Waals surface area contributed by atoms with Crippen LogP contribution in [0, 0.1) is 0 Å². The van der Waals surface area contributed by atoms with Gasteiger partial charge in [0.25, 0.3) is 0 Å². The quantitative estimate of drug-likeness (QED) is 0.838. The fourth-order valence-electron chi connectivity index (χ4n) is 2.39. The van der Waals surface area contributed by atoms with Crippen LogP contribution >= 0.6 is 23.1 Å². The Morgan fingerprint density at radius 1 is 1.27 bits per heavy atom. The standard InChI is InChI=1S/C15H19ClN4OS/c1-2-19-6-8-20(9-7-19)15-17-14(18-22-15)11-21-13-5-3-4-12(16)10-13/h3-5,10H,2,6-9,11H2,1H3. The second kappa shape index (κ2) is 7.26. The molecule has 0 atom stereocenters. The van der Waals surface area contributed by atoms with Crippen LogP contribution < -0.4 is 9.64 Å². The Hall–Kier alpha value is -1.37. The molecule has 5 nitrogen and oxygen atoms in total. The van der Waals surface area contributed by atoms with Crippen molar-refractivity contribution in [2.24, 2.45) is 0 Å². The van der Waals surface area contributed by atoms with Gasteiger partial charge in [0.15, 0.2) is 5.82 Å². The van der Waals surface area contributed by atoms with Gasteiger partial charge in [0.2, 0.25) is 5.13 Å². The van der Waals surface area contributed by atoms with E-state index in [2.05, 4.69) is 26.1 Å². The molecule has 0 unspecified atom stereocenters. The molecule has 118 valence electrons. The molecular weight excluding hydrogens is 320 g/mol. The molecular formula is C15H19ClN4OS. The third-order valence-corrected chi connectivity index (χ3v) is 4.76. The highest BCUT2D eigenvalue weighted by molar-refractivity contribution is 7.09. The van der Waals surface area contributed by atoms with E-state index in [0.29, 0.717) is 11.6 Å². The summed E-state index contributed by atoms with van der Waals surface area (Å²) in [6.07, 6.45) is 0. The molecule has 0 radical (unpaired) electrons. The van der Waals surface area contributed by atoms with Crippen molar-refractivity contribution in [2.75, 3.05) is 37.6 Å². The fourth-order valence-corrected chi connectivity index (χ4v) is 3.30. The van der Waals surface area contributed by atoms with Crippen molar-refractivity contribution < 1.29 is 4.74 Å². The van der Waals surface area contributed by atoms with Crippen LogP contribution in [-0.2, 0) is 6.61 Å². The Balaban J connectivity index is 1.55. The fraction of sp³-hybridized carbons (Fsp3) is 0.467. The number of nitrogens with zero attached hydrogens (tertiary/aromatic N) is 4. The van der Waals surface area contributed by atoms with E-state index >= 15 is 0 Å². The van der Waals surface area contributed by atoms with Gasteiger partial charge in [-0.15, -0.1) is 0 Å². The summed E-state index contributed by atoms with van der Waals surface area (Å²) < 4.78 is 10.1. The largest absolute Gasteiger partial charge is 0.486 e. The van der Waals surface area contributed by atoms with E-state index in [1.165, 1.54) is 11.5 Å². The number of hydrogen-bond acceptors (Lipinski definition) is 6. The van der Waals surface area contributed by atoms with E-state index in [0.717, 1.165) is 49.4 Å². The minimum absolute atomic E-state index is 0.367. The summed E-state index contributed by atoms with van der Waals surface area (Å²) in [5.74, 6) is 1.46. The number of aromatic nitrogens is 2. The van der Waals surface area contributed by atoms with E-state index in [9.17, 15) is 0 Å². The van der Waals surface area contributed by atoms with Crippen LogP contribution in [0.4, 0.5) is 5.13 Å². The molecule has 22 heavy (non-hydrogen) atoms. The highest BCUT2D eigenvalue weighted by Crippen LogP contribution is 2.21. The van der Waals surface area contributed by atoms with Gasteiger partial charge in [0, 0.05) is 42.7 Å². The number of piperazine rings is 1. The Morgan fingerprint density at radius 3 is 2.82 bits per heavy atom. The number of hydrogen-bond donors (Lipinski definition) is 0. The molecule has 2 aromatic rings. The lowest BCUT2D eigenvalue weighted by atomic mass is 10.3. The first-order valence-electron chi connectivity index (χ1n) is 7.43. The van der Waals surface area contributed by atoms with Crippen LogP contribution in [0.2, 0.25) is 5.02 Å². The van der Waals surface area contributed by atoms with Crippen molar-refractivity contribution in [3.05, 3.63) is 35.1 Å². The first-order valence-corrected chi connectivity index (χ1v) is 8.58. The highest BCUT2D eigenvalue weighted by Gasteiger charge is 2.19. The Labute approximate surface area is 139 Å². The van der Waals surface area contributed by atoms with Crippen molar-refractivity contribution in [1.82, 2.24) is 14.3 Å². The number of ether oxygens (including phenoxy) is 1. The van der Waals surface area contributed by atoms with Crippen LogP contribution in [-0.4, -0.2) is 47.0 Å². The zero-order valence-corrected chi connectivity index (χ0v) is 14.1. The van der Waals surface area contributed by atoms with Gasteiger partial charge in [-0.3, -0.25) is 0 Å². The predicted octanol–water partition coefficient (Wildman–Crippen LogP) is 2.91. The van der Waals surface area contributed by atoms with E-state index in [1.54, 1.807) is 6.07 Å². The first-order chi connectivity index (χ1) is 10.7. The molecule has 0 saturated carbocycles. The van der Waals surface area contributed by atoms with Crippen molar-refractivity contribution in [1.29, 1.82) is 0 Å². The molecule has 3 rings (SSSR count). The van der Waals surface area contributed by atoms with Crippen LogP contribution in [0.5, 0.6) is 5.75 Å². The smallest absolute Gasteiger partial charge is 0.205 e. The summed E-state index contributed by atoms with van der Waals surface area (Å²) in [7, 11) is 0. The van der Waals surface area contributed by atoms with Crippen LogP contribution in [0.1, 0.15) is 12.7 Å². The highest BCUT2D eigenvalue weighted by atomic mass is 35.5. The molecule has 2 heterocycles. The summed E-state index contributed by atoms with van der Waals surface area (Å²) in [4.78, 5) is 9.32. The molecule has 0 aliphatic carbocycles. The minimum atomic E-state index is 0.367. The van der Waals surface area contributed by atoms with Crippen molar-refractivity contribution in [2.45, 2.75) is 13.5 Å². The normalized spacial score (nSPS) is 16.0. The molecule has 0 N–H and O–H groups in total. The molecule has 1 saturated heterocycles. The van der Waals surface area contributed by atoms with E-state index in [-0.39, 0.29) is 0 Å². The second-order valence-corrected chi connectivity index (χ2v) is 6.33. The van der Waals surface area contributed by atoms with Crippen LogP contribution in [0.15, 0.2) is 24.3 Å². The average molecular weight is 339 g/mol. The Morgan fingerprint density at radius 2 is 2.09 bits per heavy atom.